The molecule has 0 spiro atoms. The topological polar surface area (TPSA) is 10.9 Å². The van der Waals surface area contributed by atoms with E-state index >= 15 is 0 Å². The Kier molecular flexibility index (Phi) is 8.54. The van der Waals surface area contributed by atoms with Crippen molar-refractivity contribution in [2.75, 3.05) is 9.80 Å². The van der Waals surface area contributed by atoms with Gasteiger partial charge in [-0.05, 0) is 71.4 Å². The molecule has 2 aromatic heterocycles. The van der Waals surface area contributed by atoms with Crippen molar-refractivity contribution in [3.05, 3.63) is 188 Å². The van der Waals surface area contributed by atoms with Gasteiger partial charge in [0.05, 0.1) is 44.1 Å². The summed E-state index contributed by atoms with van der Waals surface area (Å²) >= 11 is 0. The molecule has 0 N–H and O–H groups in total. The van der Waals surface area contributed by atoms with Crippen LogP contribution in [-0.2, 0) is 0 Å². The molecule has 0 aliphatic carbocycles. The van der Waals surface area contributed by atoms with Crippen molar-refractivity contribution in [3.8, 4) is 0 Å². The lowest BCUT2D eigenvalue weighted by Crippen LogP contribution is -2.37. The van der Waals surface area contributed by atoms with Crippen LogP contribution < -0.4 is 20.2 Å². The molecule has 0 fully saturated rings. The van der Waals surface area contributed by atoms with E-state index in [1.165, 1.54) is 81.4 Å². The molecule has 0 saturated heterocycles. The zero-order chi connectivity index (χ0) is 41.6. The van der Waals surface area contributed by atoms with Gasteiger partial charge in [0.25, 0.3) is 0 Å². The summed E-state index contributed by atoms with van der Waals surface area (Å²) in [5, 5.41) is 12.8. The number of nitrogens with zero attached hydrogens (tertiary/aromatic N) is 3. The fraction of sp³-hybridized carbons (Fsp3) is 0.107. The lowest BCUT2D eigenvalue weighted by Gasteiger charge is -2.29. The number of hydrogen-bond acceptors (Lipinski definition) is 2. The smallest absolute Gasteiger partial charge is 0.0775 e. The zero-order valence-electron chi connectivity index (χ0n) is 35.7. The van der Waals surface area contributed by atoms with Gasteiger partial charge in [0.2, 0.25) is 0 Å². The Morgan fingerprint density at radius 3 is 1.08 bits per heavy atom. The third-order valence-electron chi connectivity index (χ3n) is 12.7. The van der Waals surface area contributed by atoms with E-state index in [0.717, 1.165) is 22.7 Å². The van der Waals surface area contributed by atoms with Gasteiger partial charge in [0.1, 0.15) is 0 Å². The number of aromatic nitrogens is 1. The number of anilines is 6. The van der Waals surface area contributed by atoms with Gasteiger partial charge in [-0.2, -0.15) is 0 Å². The van der Waals surface area contributed by atoms with E-state index in [1.807, 2.05) is 0 Å². The largest absolute Gasteiger partial charge is 0.309 e. The summed E-state index contributed by atoms with van der Waals surface area (Å²) in [5.74, 6) is 0. The highest BCUT2D eigenvalue weighted by Gasteiger charge is 2.29. The molecule has 0 radical (unpaired) electrons. The van der Waals surface area contributed by atoms with E-state index < -0.39 is 16.1 Å². The van der Waals surface area contributed by atoms with Gasteiger partial charge in [-0.3, -0.25) is 0 Å². The highest BCUT2D eigenvalue weighted by atomic mass is 28.3. The molecule has 3 nitrogen and oxygen atoms in total. The van der Waals surface area contributed by atoms with Gasteiger partial charge >= 0.3 is 0 Å². The van der Waals surface area contributed by atoms with Crippen LogP contribution in [0.3, 0.4) is 0 Å². The van der Waals surface area contributed by atoms with Crippen LogP contribution in [0.2, 0.25) is 39.3 Å². The summed E-state index contributed by atoms with van der Waals surface area (Å²) in [7, 11) is -3.02. The Labute approximate surface area is 360 Å². The lowest BCUT2D eigenvalue weighted by molar-refractivity contribution is 1.31. The van der Waals surface area contributed by atoms with Crippen molar-refractivity contribution in [1.29, 1.82) is 0 Å². The van der Waals surface area contributed by atoms with Crippen molar-refractivity contribution in [2.45, 2.75) is 39.3 Å². The highest BCUT2D eigenvalue weighted by Crippen LogP contribution is 2.52. The summed E-state index contributed by atoms with van der Waals surface area (Å²) in [4.78, 5) is 5.01. The number of benzene rings is 9. The van der Waals surface area contributed by atoms with E-state index in [1.54, 1.807) is 0 Å². The predicted octanol–water partition coefficient (Wildman–Crippen LogP) is 15.2. The second kappa shape index (κ2) is 13.9. The molecule has 296 valence electrons. The predicted molar refractivity (Wildman–Crippen MR) is 271 cm³/mol. The Morgan fingerprint density at radius 1 is 0.344 bits per heavy atom. The molecule has 0 atom stereocenters. The maximum Gasteiger partial charge on any atom is 0.0775 e. The minimum Gasteiger partial charge on any atom is -0.309 e. The van der Waals surface area contributed by atoms with Crippen molar-refractivity contribution in [2.24, 2.45) is 0 Å². The molecule has 61 heavy (non-hydrogen) atoms. The van der Waals surface area contributed by atoms with Crippen LogP contribution in [0, 0.1) is 0 Å². The minimum absolute atomic E-state index is 1.14. The highest BCUT2D eigenvalue weighted by molar-refractivity contribution is 6.89. The maximum atomic E-state index is 2.58. The molecule has 11 aromatic rings. The molecule has 5 heteroatoms. The van der Waals surface area contributed by atoms with Crippen LogP contribution >= 0.6 is 0 Å². The quantitative estimate of drug-likeness (QED) is 0.141. The van der Waals surface area contributed by atoms with E-state index in [-0.39, 0.29) is 0 Å². The van der Waals surface area contributed by atoms with E-state index in [2.05, 4.69) is 242 Å². The zero-order valence-corrected chi connectivity index (χ0v) is 37.7. The summed E-state index contributed by atoms with van der Waals surface area (Å²) in [6.45, 7) is 14.5. The second-order valence-corrected chi connectivity index (χ2v) is 28.8. The average Bonchev–Trinajstić information content (AvgIpc) is 3.79. The fourth-order valence-corrected chi connectivity index (χ4v) is 12.1. The number of para-hydroxylation sites is 3. The molecule has 0 amide bonds. The fourth-order valence-electron chi connectivity index (χ4n) is 9.72. The summed E-state index contributed by atoms with van der Waals surface area (Å²) in [6.07, 6.45) is 0. The van der Waals surface area contributed by atoms with Gasteiger partial charge < -0.3 is 14.2 Å². The van der Waals surface area contributed by atoms with Gasteiger partial charge in [-0.15, -0.1) is 0 Å². The monoisotopic (exact) mass is 819 g/mol. The molecule has 0 saturated carbocycles. The second-order valence-electron chi connectivity index (χ2n) is 18.7. The van der Waals surface area contributed by atoms with Crippen LogP contribution in [0.15, 0.2) is 188 Å². The van der Waals surface area contributed by atoms with Crippen LogP contribution in [0.5, 0.6) is 0 Å². The Bertz CT molecular complexity index is 3190. The van der Waals surface area contributed by atoms with E-state index in [0.29, 0.717) is 0 Å². The Morgan fingerprint density at radius 2 is 0.689 bits per heavy atom. The van der Waals surface area contributed by atoms with Crippen molar-refractivity contribution < 1.29 is 0 Å². The Hall–Kier alpha value is -6.67. The molecule has 0 unspecified atom stereocenters. The number of rotatable bonds is 8. The standard InChI is InChI=1S/C56H49N3Si2/c1-60(2,3)44-32-28-42(29-33-44)57(40-20-9-7-10-21-40)55-46-24-15-13-18-38(46)36-50-52(55)48-26-17-27-49-53-51(59(50)54(48)49)37-39-19-14-16-25-47(39)56(53)58(41-22-11-8-12-23-41)43-30-34-45(35-31-43)61(4,5)6/h7-37H,1-6H3. The summed E-state index contributed by atoms with van der Waals surface area (Å²) < 4.78 is 2.58. The van der Waals surface area contributed by atoms with Crippen molar-refractivity contribution >= 4 is 120 Å². The van der Waals surface area contributed by atoms with Crippen molar-refractivity contribution in [1.82, 2.24) is 4.40 Å². The minimum atomic E-state index is -1.51. The molecular formula is C56H49N3Si2. The molecular weight excluding hydrogens is 771 g/mol. The first-order valence-electron chi connectivity index (χ1n) is 21.5. The SMILES string of the molecule is C[Si](C)(C)c1ccc(N(c2ccccc2)c2c3ccccc3cc3c2c2cccc4c5c(N(c6ccccc6)c6ccc([Si](C)(C)C)cc6)c6ccccc6cc5n3c24)cc1. The summed E-state index contributed by atoms with van der Waals surface area (Å²) in [5.41, 5.74) is 10.7. The summed E-state index contributed by atoms with van der Waals surface area (Å²) in [6, 6.07) is 70.4. The number of fused-ring (bicyclic) bond motifs is 8. The molecule has 9 aromatic carbocycles. The van der Waals surface area contributed by atoms with Gasteiger partial charge in [-0.1, -0.05) is 177 Å². The molecule has 0 bridgehead atoms. The van der Waals surface area contributed by atoms with Gasteiger partial charge in [0, 0.05) is 55.1 Å². The first-order chi connectivity index (χ1) is 29.6. The van der Waals surface area contributed by atoms with Crippen LogP contribution in [-0.4, -0.2) is 20.5 Å². The normalized spacial score (nSPS) is 12.4. The molecule has 0 aliphatic heterocycles. The molecule has 0 aliphatic rings. The van der Waals surface area contributed by atoms with Crippen LogP contribution in [0.1, 0.15) is 0 Å². The van der Waals surface area contributed by atoms with Gasteiger partial charge in [-0.25, -0.2) is 0 Å². The molecule has 2 heterocycles. The maximum absolute atomic E-state index is 2.58. The lowest BCUT2D eigenvalue weighted by atomic mass is 9.98. The van der Waals surface area contributed by atoms with Gasteiger partial charge in [0.15, 0.2) is 0 Å². The molecule has 11 rings (SSSR count). The average molecular weight is 820 g/mol. The number of hydrogen-bond donors (Lipinski definition) is 0. The van der Waals surface area contributed by atoms with Crippen molar-refractivity contribution in [3.63, 3.8) is 0 Å². The first kappa shape index (κ1) is 37.3. The van der Waals surface area contributed by atoms with Crippen LogP contribution in [0.4, 0.5) is 34.1 Å². The first-order valence-corrected chi connectivity index (χ1v) is 28.5. The van der Waals surface area contributed by atoms with E-state index in [9.17, 15) is 0 Å². The van der Waals surface area contributed by atoms with E-state index in [4.69, 9.17) is 0 Å². The Balaban J connectivity index is 1.28. The third kappa shape index (κ3) is 5.98. The third-order valence-corrected chi connectivity index (χ3v) is 16.9. The van der Waals surface area contributed by atoms with Crippen LogP contribution in [0.25, 0.3) is 59.6 Å².